The fraction of sp³-hybridized carbons (Fsp3) is 1.00. The van der Waals surface area contributed by atoms with Gasteiger partial charge in [-0.25, -0.2) is 0 Å². The minimum atomic E-state index is 0.574. The molecule has 0 heterocycles. The highest BCUT2D eigenvalue weighted by molar-refractivity contribution is 4.52. The van der Waals surface area contributed by atoms with Gasteiger partial charge in [0, 0.05) is 12.7 Å². The summed E-state index contributed by atoms with van der Waals surface area (Å²) in [6.45, 7) is 4.84. The van der Waals surface area contributed by atoms with Crippen LogP contribution in [0, 0.1) is 0 Å². The number of nitrogens with one attached hydrogen (secondary N) is 1. The molecule has 44 valence electrons. The van der Waals surface area contributed by atoms with Gasteiger partial charge >= 0.3 is 0 Å². The molecule has 0 amide bonds. The Morgan fingerprint density at radius 3 is 2.43 bits per heavy atom. The molecule has 0 aromatic rings. The summed E-state index contributed by atoms with van der Waals surface area (Å²) in [5.41, 5.74) is 5.19. The third-order valence-corrected chi connectivity index (χ3v) is 1.08. The molecule has 0 saturated carbocycles. The van der Waals surface area contributed by atoms with Crippen LogP contribution in [0.1, 0.15) is 20.3 Å². The lowest BCUT2D eigenvalue weighted by Crippen LogP contribution is -2.30. The van der Waals surface area contributed by atoms with Crippen molar-refractivity contribution in [3.63, 3.8) is 0 Å². The van der Waals surface area contributed by atoms with E-state index >= 15 is 0 Å². The molecule has 1 unspecified atom stereocenters. The molecule has 0 aliphatic carbocycles. The summed E-state index contributed by atoms with van der Waals surface area (Å²) in [6.07, 6.45) is 1.15. The smallest absolute Gasteiger partial charge is 0.0430 e. The summed E-state index contributed by atoms with van der Waals surface area (Å²) in [7, 11) is 0. The highest BCUT2D eigenvalue weighted by atomic mass is 15.0. The molecule has 3 N–H and O–H groups in total. The first kappa shape index (κ1) is 6.92. The summed E-state index contributed by atoms with van der Waals surface area (Å²) >= 11 is 0. The monoisotopic (exact) mass is 102 g/mol. The van der Waals surface area contributed by atoms with Crippen LogP contribution in [0.5, 0.6) is 0 Å². The van der Waals surface area contributed by atoms with Gasteiger partial charge in [-0.05, 0) is 13.3 Å². The van der Waals surface area contributed by atoms with Gasteiger partial charge in [0.2, 0.25) is 0 Å². The van der Waals surface area contributed by atoms with Crippen LogP contribution < -0.4 is 11.1 Å². The minimum absolute atomic E-state index is 0.574. The average molecular weight is 102 g/mol. The summed E-state index contributed by atoms with van der Waals surface area (Å²) in [6, 6.07) is 0.574. The van der Waals surface area contributed by atoms with Gasteiger partial charge in [0.05, 0.1) is 0 Å². The maximum atomic E-state index is 5.19. The zero-order valence-corrected chi connectivity index (χ0v) is 5.07. The van der Waals surface area contributed by atoms with Crippen molar-refractivity contribution in [1.82, 2.24) is 5.32 Å². The molecule has 0 aromatic carbocycles. The predicted octanol–water partition coefficient (Wildman–Crippen LogP) is 0.291. The second-order valence-electron chi connectivity index (χ2n) is 1.72. The van der Waals surface area contributed by atoms with E-state index < -0.39 is 0 Å². The van der Waals surface area contributed by atoms with Crippen molar-refractivity contribution in [2.45, 2.75) is 26.3 Å². The number of rotatable bonds is 3. The molecule has 0 saturated heterocycles. The molecule has 2 nitrogen and oxygen atoms in total. The Labute approximate surface area is 45.1 Å². The van der Waals surface area contributed by atoms with Crippen molar-refractivity contribution < 1.29 is 0 Å². The normalized spacial score (nSPS) is 14.1. The van der Waals surface area contributed by atoms with Gasteiger partial charge in [-0.3, -0.25) is 0 Å². The van der Waals surface area contributed by atoms with E-state index in [1.54, 1.807) is 0 Å². The quantitative estimate of drug-likeness (QED) is 0.503. The molecule has 1 atom stereocenters. The lowest BCUT2D eigenvalue weighted by molar-refractivity contribution is 0.545. The van der Waals surface area contributed by atoms with Crippen LogP contribution in [0.15, 0.2) is 0 Å². The molecule has 0 radical (unpaired) electrons. The van der Waals surface area contributed by atoms with E-state index in [0.717, 1.165) is 6.42 Å². The molecule has 0 spiro atoms. The number of hydrogen-bond donors (Lipinski definition) is 2. The van der Waals surface area contributed by atoms with Crippen molar-refractivity contribution in [3.05, 3.63) is 0 Å². The van der Waals surface area contributed by atoms with Crippen molar-refractivity contribution in [3.8, 4) is 0 Å². The van der Waals surface area contributed by atoms with E-state index in [1.165, 1.54) is 0 Å². The lowest BCUT2D eigenvalue weighted by atomic mass is 10.3. The summed E-state index contributed by atoms with van der Waals surface area (Å²) in [5, 5.41) is 3.07. The van der Waals surface area contributed by atoms with E-state index in [4.69, 9.17) is 5.73 Å². The molecular formula is C5H14N2. The fourth-order valence-corrected chi connectivity index (χ4v) is 0.346. The largest absolute Gasteiger partial charge is 0.318 e. The van der Waals surface area contributed by atoms with Crippen LogP contribution in [-0.4, -0.2) is 12.7 Å². The zero-order valence-electron chi connectivity index (χ0n) is 5.07. The van der Waals surface area contributed by atoms with Crippen LogP contribution in [0.4, 0.5) is 0 Å². The van der Waals surface area contributed by atoms with E-state index in [-0.39, 0.29) is 0 Å². The number of nitrogens with two attached hydrogens (primary N) is 1. The molecule has 0 aromatic heterocycles. The van der Waals surface area contributed by atoms with Crippen LogP contribution in [0.2, 0.25) is 0 Å². The number of hydrogen-bond acceptors (Lipinski definition) is 2. The molecule has 7 heavy (non-hydrogen) atoms. The van der Waals surface area contributed by atoms with Crippen LogP contribution in [0.25, 0.3) is 0 Å². The van der Waals surface area contributed by atoms with Crippen molar-refractivity contribution >= 4 is 0 Å². The Balaban J connectivity index is 2.83. The van der Waals surface area contributed by atoms with Crippen LogP contribution >= 0.6 is 0 Å². The maximum absolute atomic E-state index is 5.19. The highest BCUT2D eigenvalue weighted by Crippen LogP contribution is 1.83. The van der Waals surface area contributed by atoms with Crippen molar-refractivity contribution in [2.75, 3.05) is 6.67 Å². The Morgan fingerprint density at radius 1 is 1.71 bits per heavy atom. The Hall–Kier alpha value is -0.0800. The third kappa shape index (κ3) is 3.76. The minimum Gasteiger partial charge on any atom is -0.318 e. The first-order chi connectivity index (χ1) is 3.31. The Kier molecular flexibility index (Phi) is 4.04. The molecule has 0 bridgehead atoms. The second kappa shape index (κ2) is 4.09. The van der Waals surface area contributed by atoms with E-state index in [2.05, 4.69) is 19.2 Å². The standard InChI is InChI=1S/C5H14N2/c1-3-5(2)7-4-6/h5,7H,3-4,6H2,1-2H3. The van der Waals surface area contributed by atoms with Gasteiger partial charge in [0.1, 0.15) is 0 Å². The van der Waals surface area contributed by atoms with Crippen LogP contribution in [-0.2, 0) is 0 Å². The summed E-state index contributed by atoms with van der Waals surface area (Å²) < 4.78 is 0. The third-order valence-electron chi connectivity index (χ3n) is 1.08. The van der Waals surface area contributed by atoms with E-state index in [0.29, 0.717) is 12.7 Å². The van der Waals surface area contributed by atoms with Gasteiger partial charge < -0.3 is 11.1 Å². The molecular weight excluding hydrogens is 88.1 g/mol. The predicted molar refractivity (Wildman–Crippen MR) is 31.9 cm³/mol. The highest BCUT2D eigenvalue weighted by Gasteiger charge is 1.90. The average Bonchev–Trinajstić information content (AvgIpc) is 1.68. The second-order valence-corrected chi connectivity index (χ2v) is 1.72. The maximum Gasteiger partial charge on any atom is 0.0430 e. The van der Waals surface area contributed by atoms with Gasteiger partial charge in [-0.1, -0.05) is 6.92 Å². The van der Waals surface area contributed by atoms with Crippen LogP contribution in [0.3, 0.4) is 0 Å². The molecule has 0 rings (SSSR count). The van der Waals surface area contributed by atoms with E-state index in [9.17, 15) is 0 Å². The first-order valence-corrected chi connectivity index (χ1v) is 2.74. The zero-order chi connectivity index (χ0) is 5.70. The van der Waals surface area contributed by atoms with Gasteiger partial charge in [-0.15, -0.1) is 0 Å². The van der Waals surface area contributed by atoms with Gasteiger partial charge in [-0.2, -0.15) is 0 Å². The molecule has 0 aliphatic heterocycles. The van der Waals surface area contributed by atoms with Crippen molar-refractivity contribution in [1.29, 1.82) is 0 Å². The fourth-order valence-electron chi connectivity index (χ4n) is 0.346. The first-order valence-electron chi connectivity index (χ1n) is 2.74. The Bertz CT molecular complexity index is 37.1. The molecule has 0 aliphatic rings. The topological polar surface area (TPSA) is 38.0 Å². The lowest BCUT2D eigenvalue weighted by Gasteiger charge is -2.06. The molecule has 0 fully saturated rings. The SMILES string of the molecule is CCC(C)NCN. The summed E-state index contributed by atoms with van der Waals surface area (Å²) in [4.78, 5) is 0. The van der Waals surface area contributed by atoms with Gasteiger partial charge in [0.15, 0.2) is 0 Å². The van der Waals surface area contributed by atoms with Crippen molar-refractivity contribution in [2.24, 2.45) is 5.73 Å². The van der Waals surface area contributed by atoms with Gasteiger partial charge in [0.25, 0.3) is 0 Å². The molecule has 2 heteroatoms. The Morgan fingerprint density at radius 2 is 2.29 bits per heavy atom. The summed E-state index contributed by atoms with van der Waals surface area (Å²) in [5.74, 6) is 0. The van der Waals surface area contributed by atoms with E-state index in [1.807, 2.05) is 0 Å².